The van der Waals surface area contributed by atoms with E-state index in [1.807, 2.05) is 11.7 Å². The molecule has 0 spiro atoms. The van der Waals surface area contributed by atoms with E-state index in [1.54, 1.807) is 13.3 Å². The molecule has 1 atom stereocenters. The van der Waals surface area contributed by atoms with Crippen LogP contribution in [0, 0.1) is 0 Å². The predicted molar refractivity (Wildman–Crippen MR) is 71.0 cm³/mol. The molecule has 5 heteroatoms. The van der Waals surface area contributed by atoms with Gasteiger partial charge in [-0.3, -0.25) is 16.0 Å². The number of allylic oxidation sites excluding steroid dienone is 1. The van der Waals surface area contributed by atoms with Gasteiger partial charge >= 0.3 is 0 Å². The van der Waals surface area contributed by atoms with E-state index in [-0.39, 0.29) is 6.04 Å². The van der Waals surface area contributed by atoms with Crippen LogP contribution in [0.1, 0.15) is 43.8 Å². The van der Waals surface area contributed by atoms with Crippen LogP contribution < -0.4 is 16.0 Å². The van der Waals surface area contributed by atoms with Crippen molar-refractivity contribution in [2.24, 2.45) is 12.9 Å². The highest BCUT2D eigenvalue weighted by molar-refractivity contribution is 5.29. The highest BCUT2D eigenvalue weighted by Gasteiger charge is 2.21. The summed E-state index contributed by atoms with van der Waals surface area (Å²) in [6.45, 7) is 0. The van der Waals surface area contributed by atoms with Crippen LogP contribution in [0.5, 0.6) is 5.75 Å². The van der Waals surface area contributed by atoms with Crippen molar-refractivity contribution in [3.63, 3.8) is 0 Å². The molecule has 100 valence electrons. The quantitative estimate of drug-likeness (QED) is 0.475. The summed E-state index contributed by atoms with van der Waals surface area (Å²) in [6, 6.07) is 0.0526. The Morgan fingerprint density at radius 1 is 1.56 bits per heavy atom. The average molecular weight is 250 g/mol. The summed E-state index contributed by atoms with van der Waals surface area (Å²) in [5, 5.41) is 4.23. The van der Waals surface area contributed by atoms with Crippen LogP contribution in [-0.2, 0) is 7.05 Å². The lowest BCUT2D eigenvalue weighted by Crippen LogP contribution is -2.30. The third-order valence-corrected chi connectivity index (χ3v) is 3.55. The second kappa shape index (κ2) is 6.02. The lowest BCUT2D eigenvalue weighted by atomic mass is 9.93. The molecule has 0 aromatic carbocycles. The number of aromatic nitrogens is 2. The summed E-state index contributed by atoms with van der Waals surface area (Å²) in [5.74, 6) is 6.49. The fraction of sp³-hybridized carbons (Fsp3) is 0.615. The maximum absolute atomic E-state index is 5.70. The average Bonchev–Trinajstić information content (AvgIpc) is 2.78. The highest BCUT2D eigenvalue weighted by atomic mass is 16.5. The van der Waals surface area contributed by atoms with E-state index >= 15 is 0 Å². The molecule has 0 saturated carbocycles. The number of nitrogens with zero attached hydrogens (tertiary/aromatic N) is 2. The Bertz CT molecular complexity index is 425. The first-order chi connectivity index (χ1) is 8.76. The topological polar surface area (TPSA) is 65.1 Å². The number of nitrogens with two attached hydrogens (primary N) is 1. The highest BCUT2D eigenvalue weighted by Crippen LogP contribution is 2.31. The molecule has 0 saturated heterocycles. The number of rotatable bonds is 5. The molecule has 1 aromatic heterocycles. The number of hydrogen-bond acceptors (Lipinski definition) is 4. The van der Waals surface area contributed by atoms with Gasteiger partial charge in [0.1, 0.15) is 0 Å². The van der Waals surface area contributed by atoms with Crippen LogP contribution >= 0.6 is 0 Å². The summed E-state index contributed by atoms with van der Waals surface area (Å²) in [4.78, 5) is 0. The molecule has 18 heavy (non-hydrogen) atoms. The lowest BCUT2D eigenvalue weighted by Gasteiger charge is -2.21. The molecule has 1 aliphatic carbocycles. The van der Waals surface area contributed by atoms with Gasteiger partial charge in [0, 0.05) is 7.05 Å². The second-order valence-corrected chi connectivity index (χ2v) is 4.75. The first-order valence-corrected chi connectivity index (χ1v) is 6.46. The number of nitrogens with one attached hydrogen (secondary N) is 1. The van der Waals surface area contributed by atoms with E-state index in [4.69, 9.17) is 10.6 Å². The number of ether oxygens (including phenoxy) is 1. The van der Waals surface area contributed by atoms with Gasteiger partial charge in [-0.05, 0) is 32.1 Å². The smallest absolute Gasteiger partial charge is 0.161 e. The van der Waals surface area contributed by atoms with Crippen molar-refractivity contribution in [1.29, 1.82) is 0 Å². The molecule has 1 aliphatic rings. The SMILES string of the molecule is COc1cnn(C)c1C(CC1=CCCCC1)NN. The minimum absolute atomic E-state index is 0.0526. The third kappa shape index (κ3) is 2.73. The molecule has 2 rings (SSSR count). The third-order valence-electron chi connectivity index (χ3n) is 3.55. The Morgan fingerprint density at radius 2 is 2.39 bits per heavy atom. The Kier molecular flexibility index (Phi) is 4.38. The Hall–Kier alpha value is -1.33. The first-order valence-electron chi connectivity index (χ1n) is 6.46. The van der Waals surface area contributed by atoms with E-state index in [0.29, 0.717) is 0 Å². The molecule has 0 aliphatic heterocycles. The van der Waals surface area contributed by atoms with Crippen LogP contribution in [0.2, 0.25) is 0 Å². The van der Waals surface area contributed by atoms with E-state index < -0.39 is 0 Å². The summed E-state index contributed by atoms with van der Waals surface area (Å²) in [7, 11) is 3.57. The first kappa shape index (κ1) is 13.1. The van der Waals surface area contributed by atoms with Crippen molar-refractivity contribution >= 4 is 0 Å². The van der Waals surface area contributed by atoms with E-state index in [2.05, 4.69) is 16.6 Å². The fourth-order valence-corrected chi connectivity index (χ4v) is 2.57. The van der Waals surface area contributed by atoms with Crippen molar-refractivity contribution < 1.29 is 4.74 Å². The molecule has 0 fully saturated rings. The fourth-order valence-electron chi connectivity index (χ4n) is 2.57. The van der Waals surface area contributed by atoms with Gasteiger partial charge in [-0.25, -0.2) is 0 Å². The zero-order valence-electron chi connectivity index (χ0n) is 11.1. The number of hydrazine groups is 1. The summed E-state index contributed by atoms with van der Waals surface area (Å²) < 4.78 is 7.17. The van der Waals surface area contributed by atoms with Crippen molar-refractivity contribution in [1.82, 2.24) is 15.2 Å². The molecular weight excluding hydrogens is 228 g/mol. The van der Waals surface area contributed by atoms with Crippen LogP contribution in [0.4, 0.5) is 0 Å². The number of methoxy groups -OCH3 is 1. The molecule has 1 aromatic rings. The van der Waals surface area contributed by atoms with Gasteiger partial charge in [0.2, 0.25) is 0 Å². The maximum atomic E-state index is 5.70. The van der Waals surface area contributed by atoms with Gasteiger partial charge in [-0.2, -0.15) is 5.10 Å². The molecule has 1 unspecified atom stereocenters. The predicted octanol–water partition coefficient (Wildman–Crippen LogP) is 1.82. The van der Waals surface area contributed by atoms with E-state index in [9.17, 15) is 0 Å². The Balaban J connectivity index is 2.16. The van der Waals surface area contributed by atoms with Crippen LogP contribution in [0.15, 0.2) is 17.8 Å². The lowest BCUT2D eigenvalue weighted by molar-refractivity contribution is 0.392. The summed E-state index contributed by atoms with van der Waals surface area (Å²) >= 11 is 0. The van der Waals surface area contributed by atoms with Gasteiger partial charge in [0.25, 0.3) is 0 Å². The molecular formula is C13H22N4O. The minimum Gasteiger partial charge on any atom is -0.493 e. The van der Waals surface area contributed by atoms with Crippen molar-refractivity contribution in [3.05, 3.63) is 23.5 Å². The van der Waals surface area contributed by atoms with Gasteiger partial charge in [0.15, 0.2) is 5.75 Å². The number of aryl methyl sites for hydroxylation is 1. The van der Waals surface area contributed by atoms with E-state index in [1.165, 1.54) is 31.3 Å². The van der Waals surface area contributed by atoms with Crippen molar-refractivity contribution in [2.75, 3.05) is 7.11 Å². The minimum atomic E-state index is 0.0526. The normalized spacial score (nSPS) is 17.4. The summed E-state index contributed by atoms with van der Waals surface area (Å²) in [6.07, 6.45) is 9.95. The molecule has 0 amide bonds. The molecule has 0 bridgehead atoms. The molecule has 0 radical (unpaired) electrons. The second-order valence-electron chi connectivity index (χ2n) is 4.75. The van der Waals surface area contributed by atoms with Gasteiger partial charge < -0.3 is 4.74 Å². The van der Waals surface area contributed by atoms with Gasteiger partial charge in [0.05, 0.1) is 25.0 Å². The molecule has 3 N–H and O–H groups in total. The Morgan fingerprint density at radius 3 is 3.00 bits per heavy atom. The summed E-state index contributed by atoms with van der Waals surface area (Å²) in [5.41, 5.74) is 5.37. The zero-order chi connectivity index (χ0) is 13.0. The van der Waals surface area contributed by atoms with Crippen LogP contribution in [-0.4, -0.2) is 16.9 Å². The van der Waals surface area contributed by atoms with Crippen molar-refractivity contribution in [3.8, 4) is 5.75 Å². The molecule has 5 nitrogen and oxygen atoms in total. The molecule has 1 heterocycles. The van der Waals surface area contributed by atoms with E-state index in [0.717, 1.165) is 17.9 Å². The maximum Gasteiger partial charge on any atom is 0.161 e. The standard InChI is InChI=1S/C13H22N4O/c1-17-13(12(18-2)9-15-17)11(16-14)8-10-6-4-3-5-7-10/h6,9,11,16H,3-5,7-8,14H2,1-2H3. The Labute approximate surface area is 108 Å². The largest absolute Gasteiger partial charge is 0.493 e. The number of hydrogen-bond donors (Lipinski definition) is 2. The monoisotopic (exact) mass is 250 g/mol. The van der Waals surface area contributed by atoms with Crippen molar-refractivity contribution in [2.45, 2.75) is 38.1 Å². The van der Waals surface area contributed by atoms with Gasteiger partial charge in [-0.15, -0.1) is 0 Å². The van der Waals surface area contributed by atoms with Crippen LogP contribution in [0.3, 0.4) is 0 Å². The van der Waals surface area contributed by atoms with Gasteiger partial charge in [-0.1, -0.05) is 11.6 Å². The zero-order valence-corrected chi connectivity index (χ0v) is 11.1. The van der Waals surface area contributed by atoms with Crippen LogP contribution in [0.25, 0.3) is 0 Å².